The predicted octanol–water partition coefficient (Wildman–Crippen LogP) is 5.93. The van der Waals surface area contributed by atoms with Crippen LogP contribution in [0.1, 0.15) is 16.7 Å². The first-order chi connectivity index (χ1) is 12.2. The number of aliphatic imine (C=N–C) groups is 1. The van der Waals surface area contributed by atoms with Crippen molar-refractivity contribution in [3.05, 3.63) is 99.8 Å². The maximum atomic E-state index is 12.9. The van der Waals surface area contributed by atoms with Crippen LogP contribution in [0.5, 0.6) is 0 Å². The molecule has 3 aromatic rings. The molecule has 0 aliphatic carbocycles. The quantitative estimate of drug-likeness (QED) is 0.387. The average Bonchev–Trinajstić information content (AvgIpc) is 2.64. The van der Waals surface area contributed by atoms with Crippen LogP contribution in [-0.4, -0.2) is 6.21 Å². The summed E-state index contributed by atoms with van der Waals surface area (Å²) in [6.07, 6.45) is 2.43. The van der Waals surface area contributed by atoms with Gasteiger partial charge in [-0.05, 0) is 53.6 Å². The van der Waals surface area contributed by atoms with Gasteiger partial charge in [-0.15, -0.1) is 0 Å². The Morgan fingerprint density at radius 1 is 0.920 bits per heavy atom. The van der Waals surface area contributed by atoms with Crippen molar-refractivity contribution in [1.29, 1.82) is 0 Å². The zero-order valence-corrected chi connectivity index (χ0v) is 15.0. The molecule has 0 aliphatic heterocycles. The van der Waals surface area contributed by atoms with Crippen molar-refractivity contribution in [3.8, 4) is 11.8 Å². The molecule has 0 radical (unpaired) electrons. The fraction of sp³-hybridized carbons (Fsp3) is 0.0455. The van der Waals surface area contributed by atoms with Crippen LogP contribution in [0.4, 0.5) is 10.1 Å². The Bertz CT molecular complexity index is 932. The number of hydrogen-bond acceptors (Lipinski definition) is 1. The Hall–Kier alpha value is -2.70. The third-order valence-electron chi connectivity index (χ3n) is 3.57. The summed E-state index contributed by atoms with van der Waals surface area (Å²) >= 11 is 3.42. The standard InChI is InChI=1S/C22H15BrFN/c23-20-12-8-18(9-13-20)16-25-22-7-2-1-5-19(22)6-3-4-17-10-14-21(24)15-11-17/h1-2,5,7-16H,6H2. The molecule has 0 aliphatic rings. The number of hydrogen-bond donors (Lipinski definition) is 0. The first kappa shape index (κ1) is 17.1. The van der Waals surface area contributed by atoms with E-state index in [-0.39, 0.29) is 5.82 Å². The van der Waals surface area contributed by atoms with Crippen LogP contribution in [0.3, 0.4) is 0 Å². The summed E-state index contributed by atoms with van der Waals surface area (Å²) in [5.41, 5.74) is 3.80. The van der Waals surface area contributed by atoms with Gasteiger partial charge in [-0.25, -0.2) is 4.39 Å². The normalized spacial score (nSPS) is 10.5. The molecule has 0 saturated carbocycles. The number of benzene rings is 3. The van der Waals surface area contributed by atoms with Gasteiger partial charge in [0.15, 0.2) is 0 Å². The van der Waals surface area contributed by atoms with E-state index < -0.39 is 0 Å². The highest BCUT2D eigenvalue weighted by atomic mass is 79.9. The van der Waals surface area contributed by atoms with E-state index in [4.69, 9.17) is 0 Å². The van der Waals surface area contributed by atoms with Gasteiger partial charge in [0.2, 0.25) is 0 Å². The van der Waals surface area contributed by atoms with E-state index in [1.807, 2.05) is 54.7 Å². The van der Waals surface area contributed by atoms with Gasteiger partial charge < -0.3 is 0 Å². The monoisotopic (exact) mass is 391 g/mol. The van der Waals surface area contributed by atoms with Gasteiger partial charge in [-0.2, -0.15) is 0 Å². The van der Waals surface area contributed by atoms with Crippen molar-refractivity contribution >= 4 is 27.8 Å². The van der Waals surface area contributed by atoms with Crippen LogP contribution >= 0.6 is 15.9 Å². The average molecular weight is 392 g/mol. The van der Waals surface area contributed by atoms with Gasteiger partial charge in [0.05, 0.1) is 5.69 Å². The van der Waals surface area contributed by atoms with E-state index in [0.717, 1.165) is 26.9 Å². The molecular formula is C22H15BrFN. The van der Waals surface area contributed by atoms with E-state index in [1.54, 1.807) is 12.1 Å². The minimum atomic E-state index is -0.252. The van der Waals surface area contributed by atoms with Crippen LogP contribution in [0.2, 0.25) is 0 Å². The van der Waals surface area contributed by atoms with E-state index in [0.29, 0.717) is 6.42 Å². The largest absolute Gasteiger partial charge is 0.256 e. The maximum absolute atomic E-state index is 12.9. The fourth-order valence-corrected chi connectivity index (χ4v) is 2.52. The van der Waals surface area contributed by atoms with Crippen LogP contribution in [0.25, 0.3) is 0 Å². The van der Waals surface area contributed by atoms with Gasteiger partial charge >= 0.3 is 0 Å². The van der Waals surface area contributed by atoms with Gasteiger partial charge in [-0.1, -0.05) is 58.1 Å². The summed E-state index contributed by atoms with van der Waals surface area (Å²) in [6, 6.07) is 22.1. The van der Waals surface area contributed by atoms with Crippen molar-refractivity contribution in [3.63, 3.8) is 0 Å². The number of rotatable bonds is 3. The molecule has 0 N–H and O–H groups in total. The molecule has 0 spiro atoms. The molecule has 3 rings (SSSR count). The van der Waals surface area contributed by atoms with E-state index in [2.05, 4.69) is 32.8 Å². The lowest BCUT2D eigenvalue weighted by Crippen LogP contribution is -1.85. The molecule has 0 aromatic heterocycles. The highest BCUT2D eigenvalue weighted by Gasteiger charge is 1.98. The Morgan fingerprint density at radius 2 is 1.64 bits per heavy atom. The van der Waals surface area contributed by atoms with Crippen molar-refractivity contribution in [2.45, 2.75) is 6.42 Å². The Balaban J connectivity index is 1.75. The lowest BCUT2D eigenvalue weighted by molar-refractivity contribution is 0.627. The summed E-state index contributed by atoms with van der Waals surface area (Å²) in [4.78, 5) is 4.59. The van der Waals surface area contributed by atoms with E-state index in [9.17, 15) is 4.39 Å². The van der Waals surface area contributed by atoms with Crippen molar-refractivity contribution in [1.82, 2.24) is 0 Å². The van der Waals surface area contributed by atoms with Crippen LogP contribution < -0.4 is 0 Å². The van der Waals surface area contributed by atoms with Gasteiger partial charge in [0, 0.05) is 22.7 Å². The fourth-order valence-electron chi connectivity index (χ4n) is 2.25. The summed E-state index contributed by atoms with van der Waals surface area (Å²) in [5, 5.41) is 0. The molecule has 0 atom stereocenters. The van der Waals surface area contributed by atoms with Crippen molar-refractivity contribution in [2.75, 3.05) is 0 Å². The lowest BCUT2D eigenvalue weighted by atomic mass is 10.1. The summed E-state index contributed by atoms with van der Waals surface area (Å²) < 4.78 is 13.9. The molecule has 25 heavy (non-hydrogen) atoms. The maximum Gasteiger partial charge on any atom is 0.123 e. The summed E-state index contributed by atoms with van der Waals surface area (Å²) in [6.45, 7) is 0. The Morgan fingerprint density at radius 3 is 2.40 bits per heavy atom. The van der Waals surface area contributed by atoms with Crippen molar-refractivity contribution in [2.24, 2.45) is 4.99 Å². The minimum Gasteiger partial charge on any atom is -0.256 e. The summed E-state index contributed by atoms with van der Waals surface area (Å²) in [5.74, 6) is 5.93. The first-order valence-electron chi connectivity index (χ1n) is 7.83. The molecule has 0 bridgehead atoms. The molecule has 3 aromatic carbocycles. The highest BCUT2D eigenvalue weighted by Crippen LogP contribution is 2.19. The van der Waals surface area contributed by atoms with Crippen LogP contribution in [-0.2, 0) is 6.42 Å². The molecule has 0 heterocycles. The molecular weight excluding hydrogens is 377 g/mol. The summed E-state index contributed by atoms with van der Waals surface area (Å²) in [7, 11) is 0. The van der Waals surface area contributed by atoms with Crippen LogP contribution in [0, 0.1) is 17.7 Å². The minimum absolute atomic E-state index is 0.252. The zero-order valence-electron chi connectivity index (χ0n) is 13.4. The molecule has 3 heteroatoms. The predicted molar refractivity (Wildman–Crippen MR) is 105 cm³/mol. The molecule has 0 fully saturated rings. The van der Waals surface area contributed by atoms with Gasteiger partial charge in [0.1, 0.15) is 5.82 Å². The Labute approximate surface area is 155 Å². The number of para-hydroxylation sites is 1. The third-order valence-corrected chi connectivity index (χ3v) is 4.10. The molecule has 0 unspecified atom stereocenters. The SMILES string of the molecule is Fc1ccc(C#CCc2ccccc2N=Cc2ccc(Br)cc2)cc1. The molecule has 122 valence electrons. The van der Waals surface area contributed by atoms with Gasteiger partial charge in [-0.3, -0.25) is 4.99 Å². The molecule has 0 amide bonds. The second kappa shape index (κ2) is 8.41. The lowest BCUT2D eigenvalue weighted by Gasteiger charge is -2.01. The number of halogens is 2. The molecule has 1 nitrogen and oxygen atoms in total. The Kier molecular flexibility index (Phi) is 5.77. The molecule has 0 saturated heterocycles. The smallest absolute Gasteiger partial charge is 0.123 e. The second-order valence-electron chi connectivity index (χ2n) is 5.42. The zero-order chi connectivity index (χ0) is 17.5. The second-order valence-corrected chi connectivity index (χ2v) is 6.34. The van der Waals surface area contributed by atoms with Crippen LogP contribution in [0.15, 0.2) is 82.3 Å². The highest BCUT2D eigenvalue weighted by molar-refractivity contribution is 9.10. The number of nitrogens with zero attached hydrogens (tertiary/aromatic N) is 1. The van der Waals surface area contributed by atoms with E-state index in [1.165, 1.54) is 12.1 Å². The topological polar surface area (TPSA) is 12.4 Å². The first-order valence-corrected chi connectivity index (χ1v) is 8.62. The third kappa shape index (κ3) is 5.14. The van der Waals surface area contributed by atoms with Gasteiger partial charge in [0.25, 0.3) is 0 Å². The van der Waals surface area contributed by atoms with Crippen molar-refractivity contribution < 1.29 is 4.39 Å². The van der Waals surface area contributed by atoms with E-state index >= 15 is 0 Å².